The van der Waals surface area contributed by atoms with Crippen LogP contribution >= 0.6 is 12.2 Å². The summed E-state index contributed by atoms with van der Waals surface area (Å²) in [6, 6.07) is 22.6. The topological polar surface area (TPSA) is 114 Å². The SMILES string of the molecule is COC(=O)c1cccc(-c2ccc([C@H]3[C@H](c4ccccn4)NC(=S)N3c3ccc(NS(C)(=O)=O)cc3)o2)c1. The van der Waals surface area contributed by atoms with Gasteiger partial charge < -0.3 is 19.4 Å². The molecule has 0 radical (unpaired) electrons. The first-order chi connectivity index (χ1) is 18.2. The van der Waals surface area contributed by atoms with E-state index in [0.29, 0.717) is 27.9 Å². The van der Waals surface area contributed by atoms with Gasteiger partial charge >= 0.3 is 5.97 Å². The highest BCUT2D eigenvalue weighted by Crippen LogP contribution is 2.43. The van der Waals surface area contributed by atoms with Crippen LogP contribution in [-0.2, 0) is 14.8 Å². The molecule has 0 bridgehead atoms. The maximum atomic E-state index is 12.0. The van der Waals surface area contributed by atoms with Gasteiger partial charge in [-0.15, -0.1) is 0 Å². The van der Waals surface area contributed by atoms with Gasteiger partial charge in [-0.05, 0) is 72.9 Å². The highest BCUT2D eigenvalue weighted by atomic mass is 32.2. The Balaban J connectivity index is 1.54. The standard InChI is InChI=1S/C27H24N4O5S2/c1-35-26(32)18-7-5-6-17(16-18)22-13-14-23(36-22)25-24(21-8-3-4-15-28-21)29-27(37)31(25)20-11-9-19(10-12-20)30-38(2,33)34/h3-16,24-25,30H,1-2H3,(H,29,37)/t24-,25-/m0/s1. The number of benzene rings is 2. The van der Waals surface area contributed by atoms with Crippen LogP contribution in [0.25, 0.3) is 11.3 Å². The lowest BCUT2D eigenvalue weighted by atomic mass is 10.0. The number of anilines is 2. The molecule has 0 unspecified atom stereocenters. The number of rotatable bonds is 7. The number of hydrogen-bond acceptors (Lipinski definition) is 7. The van der Waals surface area contributed by atoms with Gasteiger partial charge in [-0.3, -0.25) is 9.71 Å². The zero-order valence-electron chi connectivity index (χ0n) is 20.5. The third-order valence-electron chi connectivity index (χ3n) is 6.03. The molecule has 0 amide bonds. The lowest BCUT2D eigenvalue weighted by molar-refractivity contribution is 0.0600. The number of methoxy groups -OCH3 is 1. The molecular weight excluding hydrogens is 524 g/mol. The van der Waals surface area contributed by atoms with E-state index in [1.165, 1.54) is 7.11 Å². The van der Waals surface area contributed by atoms with Crippen LogP contribution in [-0.4, -0.2) is 37.8 Å². The van der Waals surface area contributed by atoms with E-state index in [1.807, 2.05) is 41.3 Å². The summed E-state index contributed by atoms with van der Waals surface area (Å²) in [7, 11) is -2.07. The molecule has 11 heteroatoms. The molecule has 4 aromatic rings. The minimum absolute atomic E-state index is 0.321. The second-order valence-corrected chi connectivity index (χ2v) is 10.8. The number of hydrogen-bond donors (Lipinski definition) is 2. The van der Waals surface area contributed by atoms with Gasteiger partial charge in [0.15, 0.2) is 5.11 Å². The molecule has 5 rings (SSSR count). The highest BCUT2D eigenvalue weighted by molar-refractivity contribution is 7.92. The molecule has 3 heterocycles. The van der Waals surface area contributed by atoms with Gasteiger partial charge in [0.2, 0.25) is 10.0 Å². The zero-order chi connectivity index (χ0) is 26.9. The van der Waals surface area contributed by atoms with Crippen LogP contribution in [0.4, 0.5) is 11.4 Å². The van der Waals surface area contributed by atoms with E-state index < -0.39 is 22.0 Å². The summed E-state index contributed by atoms with van der Waals surface area (Å²) in [4.78, 5) is 18.5. The number of nitrogens with zero attached hydrogens (tertiary/aromatic N) is 2. The number of nitrogens with one attached hydrogen (secondary N) is 2. The highest BCUT2D eigenvalue weighted by Gasteiger charge is 2.42. The maximum Gasteiger partial charge on any atom is 0.337 e. The minimum atomic E-state index is -3.41. The Morgan fingerprint density at radius 3 is 2.55 bits per heavy atom. The molecule has 0 saturated carbocycles. The Kier molecular flexibility index (Phi) is 6.87. The largest absolute Gasteiger partial charge is 0.465 e. The number of carbonyl (C=O) groups excluding carboxylic acids is 1. The van der Waals surface area contributed by atoms with E-state index in [1.54, 1.807) is 48.7 Å². The molecule has 0 aliphatic carbocycles. The van der Waals surface area contributed by atoms with E-state index >= 15 is 0 Å². The first kappa shape index (κ1) is 25.4. The van der Waals surface area contributed by atoms with Crippen LogP contribution < -0.4 is 14.9 Å². The molecule has 1 saturated heterocycles. The molecule has 0 spiro atoms. The molecule has 1 aliphatic heterocycles. The third-order valence-corrected chi connectivity index (χ3v) is 6.95. The van der Waals surface area contributed by atoms with Crippen molar-refractivity contribution in [2.75, 3.05) is 23.0 Å². The fraction of sp³-hybridized carbons (Fsp3) is 0.148. The number of furan rings is 1. The average Bonchev–Trinajstić information content (AvgIpc) is 3.53. The fourth-order valence-electron chi connectivity index (χ4n) is 4.41. The van der Waals surface area contributed by atoms with Gasteiger partial charge in [0.25, 0.3) is 0 Å². The molecule has 2 atom stereocenters. The van der Waals surface area contributed by atoms with E-state index in [4.69, 9.17) is 21.4 Å². The van der Waals surface area contributed by atoms with E-state index in [2.05, 4.69) is 15.0 Å². The van der Waals surface area contributed by atoms with Crippen molar-refractivity contribution in [2.24, 2.45) is 0 Å². The smallest absolute Gasteiger partial charge is 0.337 e. The van der Waals surface area contributed by atoms with Gasteiger partial charge in [0, 0.05) is 23.1 Å². The van der Waals surface area contributed by atoms with Crippen LogP contribution in [0.1, 0.15) is 33.9 Å². The first-order valence-corrected chi connectivity index (χ1v) is 13.9. The van der Waals surface area contributed by atoms with Crippen LogP contribution in [0.3, 0.4) is 0 Å². The Morgan fingerprint density at radius 2 is 1.87 bits per heavy atom. The van der Waals surface area contributed by atoms with E-state index in [0.717, 1.165) is 23.2 Å². The minimum Gasteiger partial charge on any atom is -0.465 e. The Bertz CT molecular complexity index is 1590. The second-order valence-electron chi connectivity index (χ2n) is 8.69. The average molecular weight is 549 g/mol. The zero-order valence-corrected chi connectivity index (χ0v) is 22.1. The summed E-state index contributed by atoms with van der Waals surface area (Å²) < 4.78 is 36.9. The van der Waals surface area contributed by atoms with Crippen LogP contribution in [0, 0.1) is 0 Å². The molecule has 9 nitrogen and oxygen atoms in total. The maximum absolute atomic E-state index is 12.0. The molecule has 2 aromatic heterocycles. The van der Waals surface area contributed by atoms with Crippen molar-refractivity contribution in [3.8, 4) is 11.3 Å². The molecule has 194 valence electrons. The van der Waals surface area contributed by atoms with Gasteiger partial charge in [0.05, 0.1) is 30.7 Å². The second kappa shape index (κ2) is 10.3. The quantitative estimate of drug-likeness (QED) is 0.251. The van der Waals surface area contributed by atoms with Crippen LogP contribution in [0.5, 0.6) is 0 Å². The number of sulfonamides is 1. The summed E-state index contributed by atoms with van der Waals surface area (Å²) >= 11 is 5.74. The summed E-state index contributed by atoms with van der Waals surface area (Å²) in [6.07, 6.45) is 2.82. The monoisotopic (exact) mass is 548 g/mol. The lowest BCUT2D eigenvalue weighted by Gasteiger charge is -2.26. The summed E-state index contributed by atoms with van der Waals surface area (Å²) in [5.74, 6) is 0.778. The van der Waals surface area contributed by atoms with E-state index in [9.17, 15) is 13.2 Å². The van der Waals surface area contributed by atoms with Gasteiger partial charge in [0.1, 0.15) is 17.6 Å². The molecule has 1 fully saturated rings. The van der Waals surface area contributed by atoms with Crippen molar-refractivity contribution >= 4 is 44.7 Å². The van der Waals surface area contributed by atoms with Crippen molar-refractivity contribution in [1.82, 2.24) is 10.3 Å². The van der Waals surface area contributed by atoms with Gasteiger partial charge in [-0.25, -0.2) is 13.2 Å². The summed E-state index contributed by atoms with van der Waals surface area (Å²) in [6.45, 7) is 0. The molecule has 38 heavy (non-hydrogen) atoms. The normalized spacial score (nSPS) is 17.2. The summed E-state index contributed by atoms with van der Waals surface area (Å²) in [5.41, 5.74) is 3.11. The van der Waals surface area contributed by atoms with Crippen LogP contribution in [0.15, 0.2) is 89.5 Å². The van der Waals surface area contributed by atoms with Gasteiger partial charge in [-0.1, -0.05) is 18.2 Å². The number of aromatic nitrogens is 1. The number of thiocarbonyl (C=S) groups is 1. The number of ether oxygens (including phenoxy) is 1. The molecule has 1 aliphatic rings. The Labute approximate surface area is 225 Å². The van der Waals surface area contributed by atoms with Crippen LogP contribution in [0.2, 0.25) is 0 Å². The van der Waals surface area contributed by atoms with E-state index in [-0.39, 0.29) is 6.04 Å². The Hall–Kier alpha value is -4.22. The first-order valence-electron chi connectivity index (χ1n) is 11.6. The van der Waals surface area contributed by atoms with Gasteiger partial charge in [-0.2, -0.15) is 0 Å². The predicted octanol–water partition coefficient (Wildman–Crippen LogP) is 4.68. The molecular formula is C27H24N4O5S2. The van der Waals surface area contributed by atoms with Crippen molar-refractivity contribution in [1.29, 1.82) is 0 Å². The predicted molar refractivity (Wildman–Crippen MR) is 148 cm³/mol. The lowest BCUT2D eigenvalue weighted by Crippen LogP contribution is -2.29. The molecule has 2 N–H and O–H groups in total. The number of esters is 1. The summed E-state index contributed by atoms with van der Waals surface area (Å²) in [5, 5.41) is 3.84. The fourth-order valence-corrected chi connectivity index (χ4v) is 5.32. The van der Waals surface area contributed by atoms with Crippen molar-refractivity contribution < 1.29 is 22.4 Å². The van der Waals surface area contributed by atoms with Crippen molar-refractivity contribution in [3.05, 3.63) is 102 Å². The number of carbonyl (C=O) groups is 1. The van der Waals surface area contributed by atoms with Crippen molar-refractivity contribution in [2.45, 2.75) is 12.1 Å². The molecule has 2 aromatic carbocycles. The third kappa shape index (κ3) is 5.24. The number of pyridine rings is 1. The Morgan fingerprint density at radius 1 is 1.08 bits per heavy atom. The van der Waals surface area contributed by atoms with Crippen molar-refractivity contribution in [3.63, 3.8) is 0 Å².